The second-order valence-corrected chi connectivity index (χ2v) is 9.87. The van der Waals surface area contributed by atoms with Gasteiger partial charge in [0.15, 0.2) is 0 Å². The summed E-state index contributed by atoms with van der Waals surface area (Å²) >= 11 is 0. The van der Waals surface area contributed by atoms with E-state index in [0.717, 1.165) is 74.1 Å². The minimum Gasteiger partial charge on any atom is -0.497 e. The number of benzene rings is 2. The van der Waals surface area contributed by atoms with Gasteiger partial charge in [-0.1, -0.05) is 38.1 Å². The Kier molecular flexibility index (Phi) is 6.94. The van der Waals surface area contributed by atoms with E-state index in [9.17, 15) is 0 Å². The SMILES string of the molecule is COc1cccc(CN2CCN3Cc4nc(c5ccccc5n4)N[C@@H](C(C)C)CNCC3C2)c1. The van der Waals surface area contributed by atoms with Crippen LogP contribution >= 0.6 is 0 Å². The van der Waals surface area contributed by atoms with Crippen LogP contribution in [-0.4, -0.2) is 71.7 Å². The molecule has 7 nitrogen and oxygen atoms in total. The Hall–Kier alpha value is -2.74. The lowest BCUT2D eigenvalue weighted by Crippen LogP contribution is -2.56. The Morgan fingerprint density at radius 2 is 1.94 bits per heavy atom. The maximum absolute atomic E-state index is 5.42. The molecule has 2 aliphatic heterocycles. The summed E-state index contributed by atoms with van der Waals surface area (Å²) in [5, 5.41) is 8.61. The number of fused-ring (bicyclic) bond motifs is 5. The van der Waals surface area contributed by atoms with Crippen molar-refractivity contribution in [3.63, 3.8) is 0 Å². The van der Waals surface area contributed by atoms with Crippen LogP contribution in [0.15, 0.2) is 48.5 Å². The van der Waals surface area contributed by atoms with Crippen LogP contribution < -0.4 is 15.4 Å². The summed E-state index contributed by atoms with van der Waals surface area (Å²) in [5.41, 5.74) is 2.31. The second kappa shape index (κ2) is 10.3. The van der Waals surface area contributed by atoms with Crippen LogP contribution in [0.2, 0.25) is 0 Å². The van der Waals surface area contributed by atoms with E-state index in [4.69, 9.17) is 14.7 Å². The topological polar surface area (TPSA) is 65.5 Å². The molecule has 2 bridgehead atoms. The van der Waals surface area contributed by atoms with E-state index in [1.165, 1.54) is 5.56 Å². The number of aromatic nitrogens is 2. The predicted molar refractivity (Wildman–Crippen MR) is 137 cm³/mol. The molecular formula is C27H36N6O. The summed E-state index contributed by atoms with van der Waals surface area (Å²) in [6, 6.07) is 17.5. The predicted octanol–water partition coefficient (Wildman–Crippen LogP) is 3.36. The van der Waals surface area contributed by atoms with Crippen LogP contribution in [0.3, 0.4) is 0 Å². The van der Waals surface area contributed by atoms with Crippen molar-refractivity contribution in [2.45, 2.75) is 39.0 Å². The third-order valence-electron chi connectivity index (χ3n) is 7.09. The number of methoxy groups -OCH3 is 1. The van der Waals surface area contributed by atoms with Crippen LogP contribution in [0.5, 0.6) is 5.75 Å². The van der Waals surface area contributed by atoms with Gasteiger partial charge in [-0.25, -0.2) is 9.97 Å². The van der Waals surface area contributed by atoms with Crippen molar-refractivity contribution in [2.24, 2.45) is 5.92 Å². The zero-order valence-corrected chi connectivity index (χ0v) is 20.5. The van der Waals surface area contributed by atoms with Gasteiger partial charge in [0.25, 0.3) is 0 Å². The molecule has 2 N–H and O–H groups in total. The largest absolute Gasteiger partial charge is 0.497 e. The number of hydrogen-bond donors (Lipinski definition) is 2. The van der Waals surface area contributed by atoms with E-state index in [-0.39, 0.29) is 0 Å². The van der Waals surface area contributed by atoms with Gasteiger partial charge in [-0.15, -0.1) is 0 Å². The van der Waals surface area contributed by atoms with Crippen molar-refractivity contribution in [3.05, 3.63) is 59.9 Å². The lowest BCUT2D eigenvalue weighted by atomic mass is 10.0. The fraction of sp³-hybridized carbons (Fsp3) is 0.481. The minimum absolute atomic E-state index is 0.300. The number of ether oxygens (including phenoxy) is 1. The van der Waals surface area contributed by atoms with Gasteiger partial charge < -0.3 is 15.4 Å². The highest BCUT2D eigenvalue weighted by atomic mass is 16.5. The first-order valence-electron chi connectivity index (χ1n) is 12.4. The van der Waals surface area contributed by atoms with Gasteiger partial charge in [0, 0.05) is 56.7 Å². The molecule has 1 aromatic heterocycles. The van der Waals surface area contributed by atoms with Crippen LogP contribution in [0, 0.1) is 5.92 Å². The number of nitrogens with zero attached hydrogens (tertiary/aromatic N) is 4. The molecule has 2 aromatic carbocycles. The number of anilines is 1. The quantitative estimate of drug-likeness (QED) is 0.619. The molecule has 180 valence electrons. The number of piperazine rings is 1. The highest BCUT2D eigenvalue weighted by Crippen LogP contribution is 2.24. The zero-order valence-electron chi connectivity index (χ0n) is 20.5. The number of nitrogens with one attached hydrogen (secondary N) is 2. The van der Waals surface area contributed by atoms with E-state index in [0.29, 0.717) is 18.0 Å². The molecule has 0 amide bonds. The lowest BCUT2D eigenvalue weighted by Gasteiger charge is -2.41. The van der Waals surface area contributed by atoms with E-state index in [1.807, 2.05) is 6.07 Å². The standard InChI is InChI=1S/C27H36N6O/c1-19(2)25-15-28-14-21-17-32(16-20-7-6-8-22(13-20)34-3)11-12-33(21)18-26-29-24-10-5-4-9-23(24)27(30-25)31-26/h4-10,13,19,21,25,28H,11-12,14-18H2,1-3H3,(H,29,30,31)/t21?,25-/m1/s1. The molecule has 2 atom stereocenters. The van der Waals surface area contributed by atoms with Gasteiger partial charge in [-0.05, 0) is 35.7 Å². The first-order valence-corrected chi connectivity index (χ1v) is 12.4. The molecule has 1 fully saturated rings. The van der Waals surface area contributed by atoms with E-state index in [2.05, 4.69) is 76.7 Å². The molecule has 0 spiro atoms. The third kappa shape index (κ3) is 5.17. The minimum atomic E-state index is 0.300. The molecule has 1 saturated heterocycles. The van der Waals surface area contributed by atoms with Crippen LogP contribution in [0.1, 0.15) is 25.2 Å². The van der Waals surface area contributed by atoms with Crippen LogP contribution in [0.25, 0.3) is 10.9 Å². The Labute approximate surface area is 202 Å². The highest BCUT2D eigenvalue weighted by molar-refractivity contribution is 5.89. The average Bonchev–Trinajstić information content (AvgIpc) is 2.87. The van der Waals surface area contributed by atoms with Crippen LogP contribution in [-0.2, 0) is 13.1 Å². The summed E-state index contributed by atoms with van der Waals surface area (Å²) < 4.78 is 5.42. The first-order chi connectivity index (χ1) is 16.6. The van der Waals surface area contributed by atoms with E-state index >= 15 is 0 Å². The molecule has 5 rings (SSSR count). The number of para-hydroxylation sites is 1. The van der Waals surface area contributed by atoms with Gasteiger partial charge in [0.05, 0.1) is 19.2 Å². The number of rotatable bonds is 4. The molecule has 7 heteroatoms. The van der Waals surface area contributed by atoms with Crippen molar-refractivity contribution in [1.82, 2.24) is 25.1 Å². The molecule has 0 saturated carbocycles. The van der Waals surface area contributed by atoms with Gasteiger partial charge in [0.2, 0.25) is 0 Å². The molecule has 2 aliphatic rings. The van der Waals surface area contributed by atoms with E-state index in [1.54, 1.807) is 7.11 Å². The summed E-state index contributed by atoms with van der Waals surface area (Å²) in [6.07, 6.45) is 0. The first kappa shape index (κ1) is 23.0. The third-order valence-corrected chi connectivity index (χ3v) is 7.09. The van der Waals surface area contributed by atoms with Gasteiger partial charge in [-0.2, -0.15) is 0 Å². The summed E-state index contributed by atoms with van der Waals surface area (Å²) in [7, 11) is 1.73. The monoisotopic (exact) mass is 460 g/mol. The molecule has 3 heterocycles. The molecule has 34 heavy (non-hydrogen) atoms. The normalized spacial score (nSPS) is 22.1. The van der Waals surface area contributed by atoms with Gasteiger partial charge >= 0.3 is 0 Å². The summed E-state index contributed by atoms with van der Waals surface area (Å²) in [4.78, 5) is 15.1. The van der Waals surface area contributed by atoms with Crippen molar-refractivity contribution in [1.29, 1.82) is 0 Å². The van der Waals surface area contributed by atoms with E-state index < -0.39 is 0 Å². The Morgan fingerprint density at radius 3 is 2.79 bits per heavy atom. The molecule has 0 aliphatic carbocycles. The van der Waals surface area contributed by atoms with Crippen molar-refractivity contribution in [2.75, 3.05) is 45.2 Å². The smallest absolute Gasteiger partial charge is 0.145 e. The zero-order chi connectivity index (χ0) is 23.5. The Morgan fingerprint density at radius 1 is 1.06 bits per heavy atom. The van der Waals surface area contributed by atoms with Crippen molar-refractivity contribution in [3.8, 4) is 5.75 Å². The lowest BCUT2D eigenvalue weighted by molar-refractivity contribution is 0.0620. The average molecular weight is 461 g/mol. The number of hydrogen-bond acceptors (Lipinski definition) is 7. The van der Waals surface area contributed by atoms with Crippen molar-refractivity contribution >= 4 is 16.7 Å². The summed E-state index contributed by atoms with van der Waals surface area (Å²) in [6.45, 7) is 11.2. The molecule has 0 radical (unpaired) electrons. The fourth-order valence-corrected chi connectivity index (χ4v) is 5.05. The maximum atomic E-state index is 5.42. The molecular weight excluding hydrogens is 424 g/mol. The Balaban J connectivity index is 1.39. The Bertz CT molecular complexity index is 1120. The van der Waals surface area contributed by atoms with Gasteiger partial charge in [0.1, 0.15) is 17.4 Å². The molecule has 1 unspecified atom stereocenters. The highest BCUT2D eigenvalue weighted by Gasteiger charge is 2.29. The van der Waals surface area contributed by atoms with Gasteiger partial charge in [-0.3, -0.25) is 9.80 Å². The molecule has 3 aromatic rings. The maximum Gasteiger partial charge on any atom is 0.145 e. The second-order valence-electron chi connectivity index (χ2n) is 9.87. The van der Waals surface area contributed by atoms with Crippen molar-refractivity contribution < 1.29 is 4.74 Å². The fourth-order valence-electron chi connectivity index (χ4n) is 5.05. The van der Waals surface area contributed by atoms with Crippen LogP contribution in [0.4, 0.5) is 5.82 Å². The summed E-state index contributed by atoms with van der Waals surface area (Å²) in [5.74, 6) is 3.26.